The van der Waals surface area contributed by atoms with Crippen molar-refractivity contribution < 1.29 is 4.74 Å². The van der Waals surface area contributed by atoms with Crippen molar-refractivity contribution in [3.8, 4) is 11.6 Å². The van der Waals surface area contributed by atoms with Gasteiger partial charge in [-0.15, -0.1) is 0 Å². The van der Waals surface area contributed by atoms with Crippen LogP contribution in [0.15, 0.2) is 22.7 Å². The number of hydrogen-bond acceptors (Lipinski definition) is 4. The average molecular weight is 375 g/mol. The summed E-state index contributed by atoms with van der Waals surface area (Å²) in [6.07, 6.45) is 2.18. The molecule has 1 aliphatic carbocycles. The van der Waals surface area contributed by atoms with Crippen molar-refractivity contribution in [2.24, 2.45) is 0 Å². The van der Waals surface area contributed by atoms with Crippen LogP contribution in [-0.4, -0.2) is 9.97 Å². The summed E-state index contributed by atoms with van der Waals surface area (Å²) in [4.78, 5) is 8.57. The van der Waals surface area contributed by atoms with Gasteiger partial charge in [-0.25, -0.2) is 4.98 Å². The van der Waals surface area contributed by atoms with E-state index in [1.807, 2.05) is 0 Å². The Kier molecular flexibility index (Phi) is 3.75. The quantitative estimate of drug-likeness (QED) is 0.784. The fraction of sp³-hybridized carbons (Fsp3) is 0.231. The van der Waals surface area contributed by atoms with Gasteiger partial charge in [0.1, 0.15) is 17.4 Å². The second-order valence-electron chi connectivity index (χ2n) is 4.56. The zero-order valence-corrected chi connectivity index (χ0v) is 13.3. The Morgan fingerprint density at radius 2 is 1.90 bits per heavy atom. The molecule has 0 aliphatic heterocycles. The van der Waals surface area contributed by atoms with Crippen LogP contribution in [0.3, 0.4) is 0 Å². The van der Waals surface area contributed by atoms with Crippen LogP contribution in [0.25, 0.3) is 0 Å². The molecule has 2 aromatic rings. The van der Waals surface area contributed by atoms with Gasteiger partial charge in [-0.05, 0) is 34.8 Å². The first-order valence-electron chi connectivity index (χ1n) is 6.00. The lowest BCUT2D eigenvalue weighted by Crippen LogP contribution is -2.00. The predicted molar refractivity (Wildman–Crippen MR) is 82.7 cm³/mol. The predicted octanol–water partition coefficient (Wildman–Crippen LogP) is 4.80. The Labute approximate surface area is 134 Å². The second kappa shape index (κ2) is 5.39. The third kappa shape index (κ3) is 3.00. The molecule has 0 unspecified atom stereocenters. The van der Waals surface area contributed by atoms with Gasteiger partial charge in [0.05, 0.1) is 10.0 Å². The molecule has 0 atom stereocenters. The number of hydrogen-bond donors (Lipinski definition) is 1. The van der Waals surface area contributed by atoms with E-state index in [1.165, 1.54) is 0 Å². The van der Waals surface area contributed by atoms with Crippen LogP contribution in [0.1, 0.15) is 24.6 Å². The summed E-state index contributed by atoms with van der Waals surface area (Å²) in [5, 5.41) is 0.945. The lowest BCUT2D eigenvalue weighted by Gasteiger charge is -2.09. The van der Waals surface area contributed by atoms with Gasteiger partial charge in [0.15, 0.2) is 0 Å². The fourth-order valence-electron chi connectivity index (χ4n) is 1.73. The summed E-state index contributed by atoms with van der Waals surface area (Å²) in [6, 6.07) is 4.87. The van der Waals surface area contributed by atoms with Gasteiger partial charge in [-0.1, -0.05) is 23.2 Å². The van der Waals surface area contributed by atoms with Crippen molar-refractivity contribution in [2.45, 2.75) is 18.8 Å². The van der Waals surface area contributed by atoms with E-state index in [1.54, 1.807) is 18.2 Å². The van der Waals surface area contributed by atoms with E-state index >= 15 is 0 Å². The Hall–Kier alpha value is -1.04. The van der Waals surface area contributed by atoms with Crippen LogP contribution in [0, 0.1) is 0 Å². The van der Waals surface area contributed by atoms with Gasteiger partial charge in [-0.3, -0.25) is 0 Å². The van der Waals surface area contributed by atoms with Gasteiger partial charge >= 0.3 is 0 Å². The minimum Gasteiger partial charge on any atom is -0.437 e. The van der Waals surface area contributed by atoms with Crippen LogP contribution in [0.5, 0.6) is 11.6 Å². The summed E-state index contributed by atoms with van der Waals surface area (Å²) in [5.41, 5.74) is 5.77. The number of benzene rings is 1. The number of nitrogen functional groups attached to an aromatic ring is 1. The molecule has 20 heavy (non-hydrogen) atoms. The molecule has 104 valence electrons. The highest BCUT2D eigenvalue weighted by Crippen LogP contribution is 2.40. The number of rotatable bonds is 3. The SMILES string of the molecule is Nc1cc(Oc2cc(Cl)c(Br)cc2Cl)nc(C2CC2)n1. The summed E-state index contributed by atoms with van der Waals surface area (Å²) in [7, 11) is 0. The number of ether oxygens (including phenoxy) is 1. The molecule has 0 spiro atoms. The Morgan fingerprint density at radius 1 is 1.15 bits per heavy atom. The third-order valence-corrected chi connectivity index (χ3v) is 4.36. The lowest BCUT2D eigenvalue weighted by atomic mass is 10.3. The number of nitrogens with zero attached hydrogens (tertiary/aromatic N) is 2. The molecule has 2 N–H and O–H groups in total. The maximum atomic E-state index is 6.12. The van der Waals surface area contributed by atoms with Crippen molar-refractivity contribution in [1.82, 2.24) is 9.97 Å². The summed E-state index contributed by atoms with van der Waals surface area (Å²) >= 11 is 15.4. The molecular weight excluding hydrogens is 365 g/mol. The largest absolute Gasteiger partial charge is 0.437 e. The van der Waals surface area contributed by atoms with Crippen LogP contribution >= 0.6 is 39.1 Å². The molecule has 7 heteroatoms. The molecule has 0 bridgehead atoms. The first kappa shape index (κ1) is 13.9. The average Bonchev–Trinajstić information content (AvgIpc) is 3.19. The topological polar surface area (TPSA) is 61.0 Å². The van der Waals surface area contributed by atoms with E-state index < -0.39 is 0 Å². The van der Waals surface area contributed by atoms with E-state index in [0.29, 0.717) is 37.9 Å². The van der Waals surface area contributed by atoms with Gasteiger partial charge in [0, 0.05) is 22.5 Å². The highest BCUT2D eigenvalue weighted by molar-refractivity contribution is 9.10. The van der Waals surface area contributed by atoms with E-state index in [0.717, 1.165) is 18.7 Å². The molecular formula is C13H10BrCl2N3O. The first-order valence-corrected chi connectivity index (χ1v) is 7.54. The third-order valence-electron chi connectivity index (χ3n) is 2.87. The minimum absolute atomic E-state index is 0.375. The van der Waals surface area contributed by atoms with Gasteiger partial charge < -0.3 is 10.5 Å². The second-order valence-corrected chi connectivity index (χ2v) is 6.23. The van der Waals surface area contributed by atoms with Crippen molar-refractivity contribution in [3.63, 3.8) is 0 Å². The van der Waals surface area contributed by atoms with Gasteiger partial charge in [0.2, 0.25) is 5.88 Å². The standard InChI is InChI=1S/C13H10BrCl2N3O/c14-7-3-9(16)10(4-8(7)15)20-12-5-11(17)18-13(19-12)6-1-2-6/h3-6H,1-2H2,(H2,17,18,19). The van der Waals surface area contributed by atoms with Gasteiger partial charge in [0.25, 0.3) is 0 Å². The van der Waals surface area contributed by atoms with Crippen molar-refractivity contribution in [3.05, 3.63) is 38.5 Å². The Morgan fingerprint density at radius 3 is 2.60 bits per heavy atom. The summed E-state index contributed by atoms with van der Waals surface area (Å²) in [6.45, 7) is 0. The summed E-state index contributed by atoms with van der Waals surface area (Å²) in [5.74, 6) is 2.31. The molecule has 3 rings (SSSR count). The van der Waals surface area contributed by atoms with Crippen LogP contribution in [-0.2, 0) is 0 Å². The molecule has 0 saturated heterocycles. The Bertz CT molecular complexity index is 677. The molecule has 4 nitrogen and oxygen atoms in total. The van der Waals surface area contributed by atoms with Crippen molar-refractivity contribution in [2.75, 3.05) is 5.73 Å². The van der Waals surface area contributed by atoms with Crippen LogP contribution in [0.4, 0.5) is 5.82 Å². The summed E-state index contributed by atoms with van der Waals surface area (Å²) < 4.78 is 6.38. The van der Waals surface area contributed by atoms with E-state index in [2.05, 4.69) is 25.9 Å². The van der Waals surface area contributed by atoms with Crippen LogP contribution in [0.2, 0.25) is 10.0 Å². The minimum atomic E-state index is 0.375. The molecule has 1 heterocycles. The molecule has 1 aromatic carbocycles. The molecule has 0 amide bonds. The van der Waals surface area contributed by atoms with E-state index in [4.69, 9.17) is 33.7 Å². The number of nitrogens with two attached hydrogens (primary N) is 1. The fourth-order valence-corrected chi connectivity index (χ4v) is 2.56. The number of halogens is 3. The van der Waals surface area contributed by atoms with Crippen molar-refractivity contribution >= 4 is 44.9 Å². The Balaban J connectivity index is 1.92. The number of anilines is 1. The van der Waals surface area contributed by atoms with Crippen LogP contribution < -0.4 is 10.5 Å². The highest BCUT2D eigenvalue weighted by Gasteiger charge is 2.27. The molecule has 1 aliphatic rings. The maximum Gasteiger partial charge on any atom is 0.224 e. The molecule has 0 radical (unpaired) electrons. The number of aromatic nitrogens is 2. The normalized spacial score (nSPS) is 14.3. The zero-order valence-electron chi connectivity index (χ0n) is 10.2. The molecule has 1 fully saturated rings. The van der Waals surface area contributed by atoms with E-state index in [-0.39, 0.29) is 0 Å². The zero-order chi connectivity index (χ0) is 14.3. The lowest BCUT2D eigenvalue weighted by molar-refractivity contribution is 0.459. The van der Waals surface area contributed by atoms with Gasteiger partial charge in [-0.2, -0.15) is 4.98 Å². The molecule has 1 saturated carbocycles. The van der Waals surface area contributed by atoms with E-state index in [9.17, 15) is 0 Å². The van der Waals surface area contributed by atoms with Crippen molar-refractivity contribution in [1.29, 1.82) is 0 Å². The molecule has 1 aromatic heterocycles. The highest BCUT2D eigenvalue weighted by atomic mass is 79.9. The monoisotopic (exact) mass is 373 g/mol. The maximum absolute atomic E-state index is 6.12. The smallest absolute Gasteiger partial charge is 0.224 e. The first-order chi connectivity index (χ1) is 9.52.